The van der Waals surface area contributed by atoms with Crippen molar-refractivity contribution in [3.8, 4) is 11.1 Å². The molecule has 3 aromatic carbocycles. The fourth-order valence-corrected chi connectivity index (χ4v) is 8.99. The zero-order valence-corrected chi connectivity index (χ0v) is 29.9. The molecular formula is C39H45N5O6S. The SMILES string of the molecule is C[C@H](NC(=O)[C@@H]1CS(=O)(=O)CN1C(=O)CNC(=O)OCC1c2ccccc2-c2ccccc21)c1ccc(N2CCN(C)CC2)cc1/C=C/C1CC1. The van der Waals surface area contributed by atoms with Gasteiger partial charge in [-0.1, -0.05) is 66.7 Å². The summed E-state index contributed by atoms with van der Waals surface area (Å²) in [6, 6.07) is 20.5. The van der Waals surface area contributed by atoms with Gasteiger partial charge in [0.15, 0.2) is 9.84 Å². The molecule has 0 aromatic heterocycles. The number of nitrogens with one attached hydrogen (secondary N) is 2. The third-order valence-electron chi connectivity index (χ3n) is 10.4. The van der Waals surface area contributed by atoms with Crippen LogP contribution >= 0.6 is 0 Å². The number of allylic oxidation sites excluding steroid dienone is 1. The summed E-state index contributed by atoms with van der Waals surface area (Å²) in [6.07, 6.45) is 5.89. The lowest BCUT2D eigenvalue weighted by Gasteiger charge is -2.34. The molecule has 2 heterocycles. The number of anilines is 1. The Morgan fingerprint density at radius 3 is 2.27 bits per heavy atom. The third kappa shape index (κ3) is 7.82. The highest BCUT2D eigenvalue weighted by atomic mass is 32.2. The maximum absolute atomic E-state index is 13.6. The Morgan fingerprint density at radius 1 is 0.941 bits per heavy atom. The van der Waals surface area contributed by atoms with Crippen molar-refractivity contribution in [1.82, 2.24) is 20.4 Å². The number of fused-ring (bicyclic) bond motifs is 3. The molecule has 7 rings (SSSR count). The summed E-state index contributed by atoms with van der Waals surface area (Å²) < 4.78 is 31.0. The molecule has 0 bridgehead atoms. The Balaban J connectivity index is 0.978. The van der Waals surface area contributed by atoms with Crippen LogP contribution in [-0.2, 0) is 24.2 Å². The molecule has 4 aliphatic rings. The van der Waals surface area contributed by atoms with Crippen molar-refractivity contribution >= 4 is 39.5 Å². The van der Waals surface area contributed by atoms with Crippen LogP contribution in [0, 0.1) is 5.92 Å². The van der Waals surface area contributed by atoms with Crippen LogP contribution in [0.2, 0.25) is 0 Å². The van der Waals surface area contributed by atoms with Gasteiger partial charge in [0.2, 0.25) is 11.8 Å². The van der Waals surface area contributed by atoms with E-state index in [-0.39, 0.29) is 12.5 Å². The Kier molecular flexibility index (Phi) is 9.89. The van der Waals surface area contributed by atoms with Crippen LogP contribution in [0.1, 0.15) is 54.0 Å². The molecule has 12 heteroatoms. The number of ether oxygens (including phenoxy) is 1. The lowest BCUT2D eigenvalue weighted by Crippen LogP contribution is -2.50. The summed E-state index contributed by atoms with van der Waals surface area (Å²) in [6.45, 7) is 5.28. The quantitative estimate of drug-likeness (QED) is 0.321. The normalized spacial score (nSPS) is 20.5. The molecule has 3 amide bonds. The van der Waals surface area contributed by atoms with Gasteiger partial charge in [0.05, 0.1) is 11.8 Å². The van der Waals surface area contributed by atoms with E-state index in [1.165, 1.54) is 12.8 Å². The van der Waals surface area contributed by atoms with Crippen molar-refractivity contribution < 1.29 is 27.5 Å². The summed E-state index contributed by atoms with van der Waals surface area (Å²) >= 11 is 0. The van der Waals surface area contributed by atoms with Gasteiger partial charge in [0.1, 0.15) is 25.1 Å². The highest BCUT2D eigenvalue weighted by Gasteiger charge is 2.43. The Bertz CT molecular complexity index is 1910. The fourth-order valence-electron chi connectivity index (χ4n) is 7.32. The minimum absolute atomic E-state index is 0.0727. The number of nitrogens with zero attached hydrogens (tertiary/aromatic N) is 3. The second-order valence-electron chi connectivity index (χ2n) is 14.1. The van der Waals surface area contributed by atoms with E-state index in [0.717, 1.165) is 70.1 Å². The number of likely N-dealkylation sites (N-methyl/N-ethyl adjacent to an activating group) is 1. The molecule has 0 radical (unpaired) electrons. The van der Waals surface area contributed by atoms with E-state index >= 15 is 0 Å². The number of carbonyl (C=O) groups is 3. The molecule has 3 aromatic rings. The van der Waals surface area contributed by atoms with Gasteiger partial charge in [-0.2, -0.15) is 0 Å². The molecule has 51 heavy (non-hydrogen) atoms. The van der Waals surface area contributed by atoms with Crippen molar-refractivity contribution in [2.75, 3.05) is 62.9 Å². The summed E-state index contributed by atoms with van der Waals surface area (Å²) in [5, 5.41) is 5.44. The first kappa shape index (κ1) is 34.8. The topological polar surface area (TPSA) is 128 Å². The van der Waals surface area contributed by atoms with Gasteiger partial charge < -0.3 is 30.1 Å². The predicted octanol–water partition coefficient (Wildman–Crippen LogP) is 4.16. The predicted molar refractivity (Wildman–Crippen MR) is 197 cm³/mol. The summed E-state index contributed by atoms with van der Waals surface area (Å²) in [4.78, 5) is 45.4. The highest BCUT2D eigenvalue weighted by molar-refractivity contribution is 7.91. The third-order valence-corrected chi connectivity index (χ3v) is 11.9. The lowest BCUT2D eigenvalue weighted by molar-refractivity contribution is -0.137. The van der Waals surface area contributed by atoms with Gasteiger partial charge in [0, 0.05) is 37.8 Å². The molecule has 2 aliphatic carbocycles. The van der Waals surface area contributed by atoms with Crippen LogP contribution in [0.25, 0.3) is 17.2 Å². The Hall–Kier alpha value is -4.68. The smallest absolute Gasteiger partial charge is 0.407 e. The number of alkyl carbamates (subject to hydrolysis) is 1. The minimum Gasteiger partial charge on any atom is -0.449 e. The fraction of sp³-hybridized carbons (Fsp3) is 0.410. The maximum atomic E-state index is 13.6. The van der Waals surface area contributed by atoms with Crippen molar-refractivity contribution in [3.05, 3.63) is 95.1 Å². The number of benzene rings is 3. The Labute approximate surface area is 299 Å². The van der Waals surface area contributed by atoms with E-state index < -0.39 is 58.0 Å². The number of rotatable bonds is 10. The molecule has 3 fully saturated rings. The molecule has 0 unspecified atom stereocenters. The molecule has 268 valence electrons. The summed E-state index contributed by atoms with van der Waals surface area (Å²) in [5.74, 6) is -1.90. The van der Waals surface area contributed by atoms with Crippen molar-refractivity contribution in [1.29, 1.82) is 0 Å². The first-order valence-electron chi connectivity index (χ1n) is 17.7. The van der Waals surface area contributed by atoms with E-state index in [1.54, 1.807) is 0 Å². The van der Waals surface area contributed by atoms with Crippen LogP contribution in [0.15, 0.2) is 72.8 Å². The first-order valence-corrected chi connectivity index (χ1v) is 19.5. The molecule has 2 aliphatic heterocycles. The number of amides is 3. The lowest BCUT2D eigenvalue weighted by atomic mass is 9.98. The van der Waals surface area contributed by atoms with Crippen LogP contribution in [0.4, 0.5) is 10.5 Å². The van der Waals surface area contributed by atoms with Gasteiger partial charge in [0.25, 0.3) is 0 Å². The molecule has 2 N–H and O–H groups in total. The molecule has 11 nitrogen and oxygen atoms in total. The number of hydrogen-bond donors (Lipinski definition) is 2. The van der Waals surface area contributed by atoms with Crippen molar-refractivity contribution in [2.24, 2.45) is 5.92 Å². The average Bonchev–Trinajstić information content (AvgIpc) is 3.83. The van der Waals surface area contributed by atoms with E-state index in [1.807, 2.05) is 61.5 Å². The monoisotopic (exact) mass is 711 g/mol. The van der Waals surface area contributed by atoms with E-state index in [4.69, 9.17) is 4.74 Å². The second-order valence-corrected chi connectivity index (χ2v) is 16.2. The van der Waals surface area contributed by atoms with E-state index in [9.17, 15) is 22.8 Å². The number of hydrogen-bond acceptors (Lipinski definition) is 8. The van der Waals surface area contributed by atoms with Gasteiger partial charge in [-0.25, -0.2) is 13.2 Å². The number of piperazine rings is 1. The van der Waals surface area contributed by atoms with E-state index in [2.05, 4.69) is 51.8 Å². The molecule has 0 spiro atoms. The van der Waals surface area contributed by atoms with Gasteiger partial charge in [-0.05, 0) is 78.2 Å². The zero-order valence-electron chi connectivity index (χ0n) is 29.1. The second kappa shape index (κ2) is 14.5. The largest absolute Gasteiger partial charge is 0.449 e. The first-order chi connectivity index (χ1) is 24.6. The molecular weight excluding hydrogens is 667 g/mol. The van der Waals surface area contributed by atoms with Crippen molar-refractivity contribution in [3.63, 3.8) is 0 Å². The zero-order chi connectivity index (χ0) is 35.7. The maximum Gasteiger partial charge on any atom is 0.407 e. The number of sulfone groups is 1. The highest BCUT2D eigenvalue weighted by Crippen LogP contribution is 2.44. The van der Waals surface area contributed by atoms with Gasteiger partial charge in [-0.15, -0.1) is 0 Å². The van der Waals surface area contributed by atoms with Crippen LogP contribution < -0.4 is 15.5 Å². The van der Waals surface area contributed by atoms with Gasteiger partial charge in [-0.3, -0.25) is 9.59 Å². The Morgan fingerprint density at radius 2 is 1.61 bits per heavy atom. The molecule has 2 saturated heterocycles. The molecule has 1 saturated carbocycles. The average molecular weight is 712 g/mol. The summed E-state index contributed by atoms with van der Waals surface area (Å²) in [5.41, 5.74) is 7.36. The van der Waals surface area contributed by atoms with Crippen LogP contribution in [-0.4, -0.2) is 100 Å². The van der Waals surface area contributed by atoms with Crippen molar-refractivity contribution in [2.45, 2.75) is 37.8 Å². The summed E-state index contributed by atoms with van der Waals surface area (Å²) in [7, 11) is -1.59. The van der Waals surface area contributed by atoms with E-state index in [0.29, 0.717) is 5.92 Å². The molecule has 2 atom stereocenters. The van der Waals surface area contributed by atoms with Crippen LogP contribution in [0.5, 0.6) is 0 Å². The minimum atomic E-state index is -3.71. The van der Waals surface area contributed by atoms with Gasteiger partial charge >= 0.3 is 6.09 Å². The van der Waals surface area contributed by atoms with Crippen LogP contribution in [0.3, 0.4) is 0 Å². The standard InChI is InChI=1S/C39H45N5O6S/c1-26(30-16-15-29(43-19-17-42(2)18-20-43)21-28(30)14-13-27-11-12-27)41-38(46)36-24-51(48,49)25-44(36)37(45)22-40-39(47)50-23-35-33-9-5-3-7-31(33)32-8-4-6-10-34(32)35/h3-10,13-16,21,26-27,35-36H,11-12,17-20,22-25H2,1-2H3,(H,40,47)(H,41,46)/b14-13+/t26-,36-/m0/s1. The number of carbonyl (C=O) groups excluding carboxylic acids is 3.